The van der Waals surface area contributed by atoms with Crippen LogP contribution in [-0.2, 0) is 4.79 Å². The summed E-state index contributed by atoms with van der Waals surface area (Å²) in [5.41, 5.74) is 1.78. The number of carbonyl (C=O) groups excluding carboxylic acids is 2. The summed E-state index contributed by atoms with van der Waals surface area (Å²) in [4.78, 5) is 21.7. The molecule has 1 aliphatic carbocycles. The van der Waals surface area contributed by atoms with Gasteiger partial charge in [-0.05, 0) is 29.7 Å². The van der Waals surface area contributed by atoms with Crippen LogP contribution in [0, 0.1) is 0 Å². The van der Waals surface area contributed by atoms with Crippen molar-refractivity contribution in [2.24, 2.45) is 0 Å². The van der Waals surface area contributed by atoms with Crippen LogP contribution in [0.4, 0.5) is 5.00 Å². The van der Waals surface area contributed by atoms with Gasteiger partial charge in [-0.15, -0.1) is 11.3 Å². The normalized spacial score (nSPS) is 15.2. The first-order chi connectivity index (χ1) is 6.72. The number of anilines is 1. The Hall–Kier alpha value is -1.16. The highest BCUT2D eigenvalue weighted by Gasteiger charge is 2.28. The summed E-state index contributed by atoms with van der Waals surface area (Å²) < 4.78 is 0. The molecule has 1 fully saturated rings. The molecule has 0 unspecified atom stereocenters. The van der Waals surface area contributed by atoms with E-state index in [1.165, 1.54) is 18.3 Å². The number of amides is 1. The highest BCUT2D eigenvalue weighted by atomic mass is 32.1. The largest absolute Gasteiger partial charge is 0.317 e. The van der Waals surface area contributed by atoms with E-state index in [9.17, 15) is 9.59 Å². The van der Waals surface area contributed by atoms with Gasteiger partial charge < -0.3 is 5.32 Å². The Kier molecular flexibility index (Phi) is 2.37. The van der Waals surface area contributed by atoms with Gasteiger partial charge >= 0.3 is 0 Å². The summed E-state index contributed by atoms with van der Waals surface area (Å²) in [6, 6.07) is 0. The molecule has 0 spiro atoms. The number of hydrogen-bond donors (Lipinski definition) is 1. The molecule has 1 aliphatic rings. The molecule has 0 atom stereocenters. The van der Waals surface area contributed by atoms with E-state index in [1.54, 1.807) is 0 Å². The highest BCUT2D eigenvalue weighted by Crippen LogP contribution is 2.45. The monoisotopic (exact) mass is 209 g/mol. The van der Waals surface area contributed by atoms with Crippen LogP contribution in [0.2, 0.25) is 0 Å². The Morgan fingerprint density at radius 3 is 2.86 bits per heavy atom. The van der Waals surface area contributed by atoms with Crippen LogP contribution in [0.15, 0.2) is 5.38 Å². The van der Waals surface area contributed by atoms with Gasteiger partial charge in [0, 0.05) is 6.92 Å². The lowest BCUT2D eigenvalue weighted by Gasteiger charge is -1.99. The lowest BCUT2D eigenvalue weighted by atomic mass is 10.1. The van der Waals surface area contributed by atoms with Crippen molar-refractivity contribution in [3.63, 3.8) is 0 Å². The summed E-state index contributed by atoms with van der Waals surface area (Å²) >= 11 is 1.43. The van der Waals surface area contributed by atoms with Crippen molar-refractivity contribution < 1.29 is 9.59 Å². The van der Waals surface area contributed by atoms with E-state index in [0.717, 1.165) is 24.7 Å². The molecular formula is C10H11NO2S. The molecule has 1 aromatic heterocycles. The number of nitrogens with one attached hydrogen (secondary N) is 1. The van der Waals surface area contributed by atoms with E-state index >= 15 is 0 Å². The van der Waals surface area contributed by atoms with Crippen molar-refractivity contribution in [1.29, 1.82) is 0 Å². The summed E-state index contributed by atoms with van der Waals surface area (Å²) in [6.07, 6.45) is 3.17. The smallest absolute Gasteiger partial charge is 0.221 e. The van der Waals surface area contributed by atoms with Crippen molar-refractivity contribution >= 4 is 28.5 Å². The van der Waals surface area contributed by atoms with Gasteiger partial charge in [0.2, 0.25) is 5.91 Å². The molecule has 1 aromatic rings. The molecule has 0 bridgehead atoms. The standard InChI is InChI=1S/C10H11NO2S/c1-6(13)11-10-8(4-12)9(5-14-10)7-2-3-7/h4-5,7H,2-3H2,1H3,(H,11,13). The Balaban J connectivity index is 2.30. The quantitative estimate of drug-likeness (QED) is 0.777. The van der Waals surface area contributed by atoms with Crippen molar-refractivity contribution in [3.8, 4) is 0 Å². The summed E-state index contributed by atoms with van der Waals surface area (Å²) in [5, 5.41) is 5.34. The van der Waals surface area contributed by atoms with Gasteiger partial charge in [0.05, 0.1) is 5.56 Å². The predicted octanol–water partition coefficient (Wildman–Crippen LogP) is 2.40. The first-order valence-electron chi connectivity index (χ1n) is 4.56. The zero-order valence-electron chi connectivity index (χ0n) is 7.87. The van der Waals surface area contributed by atoms with Crippen LogP contribution in [0.3, 0.4) is 0 Å². The molecule has 1 amide bonds. The van der Waals surface area contributed by atoms with Crippen LogP contribution < -0.4 is 5.32 Å². The van der Waals surface area contributed by atoms with E-state index in [1.807, 2.05) is 5.38 Å². The zero-order chi connectivity index (χ0) is 10.1. The molecule has 14 heavy (non-hydrogen) atoms. The van der Waals surface area contributed by atoms with Crippen LogP contribution in [-0.4, -0.2) is 12.2 Å². The number of aldehydes is 1. The fourth-order valence-electron chi connectivity index (χ4n) is 1.47. The minimum atomic E-state index is -0.128. The summed E-state index contributed by atoms with van der Waals surface area (Å²) in [7, 11) is 0. The van der Waals surface area contributed by atoms with Crippen LogP contribution >= 0.6 is 11.3 Å². The molecule has 4 heteroatoms. The summed E-state index contributed by atoms with van der Waals surface area (Å²) in [6.45, 7) is 1.45. The molecule has 0 aromatic carbocycles. The van der Waals surface area contributed by atoms with Crippen molar-refractivity contribution in [1.82, 2.24) is 0 Å². The fourth-order valence-corrected chi connectivity index (χ4v) is 2.53. The summed E-state index contributed by atoms with van der Waals surface area (Å²) in [5.74, 6) is 0.422. The Morgan fingerprint density at radius 2 is 2.36 bits per heavy atom. The molecular weight excluding hydrogens is 198 g/mol. The fraction of sp³-hybridized carbons (Fsp3) is 0.400. The van der Waals surface area contributed by atoms with Crippen LogP contribution in [0.25, 0.3) is 0 Å². The van der Waals surface area contributed by atoms with Gasteiger partial charge in [0.1, 0.15) is 5.00 Å². The maximum Gasteiger partial charge on any atom is 0.221 e. The van der Waals surface area contributed by atoms with Gasteiger partial charge in [0.15, 0.2) is 6.29 Å². The van der Waals surface area contributed by atoms with Crippen LogP contribution in [0.1, 0.15) is 41.6 Å². The second-order valence-corrected chi connectivity index (χ2v) is 4.39. The molecule has 1 heterocycles. The molecule has 3 nitrogen and oxygen atoms in total. The maximum atomic E-state index is 10.9. The van der Waals surface area contributed by atoms with Gasteiger partial charge in [-0.25, -0.2) is 0 Å². The average molecular weight is 209 g/mol. The minimum Gasteiger partial charge on any atom is -0.317 e. The predicted molar refractivity (Wildman–Crippen MR) is 56.0 cm³/mol. The third-order valence-corrected chi connectivity index (χ3v) is 3.21. The van der Waals surface area contributed by atoms with E-state index in [4.69, 9.17) is 0 Å². The van der Waals surface area contributed by atoms with E-state index in [-0.39, 0.29) is 5.91 Å². The number of thiophene rings is 1. The highest BCUT2D eigenvalue weighted by molar-refractivity contribution is 7.15. The van der Waals surface area contributed by atoms with E-state index in [0.29, 0.717) is 16.5 Å². The first-order valence-corrected chi connectivity index (χ1v) is 5.44. The van der Waals surface area contributed by atoms with Gasteiger partial charge in [0.25, 0.3) is 0 Å². The SMILES string of the molecule is CC(=O)Nc1scc(C2CC2)c1C=O. The average Bonchev–Trinajstić information content (AvgIpc) is 2.88. The third kappa shape index (κ3) is 1.70. The Bertz CT molecular complexity index is 379. The lowest BCUT2D eigenvalue weighted by Crippen LogP contribution is -2.06. The van der Waals surface area contributed by atoms with Gasteiger partial charge in [-0.3, -0.25) is 9.59 Å². The lowest BCUT2D eigenvalue weighted by molar-refractivity contribution is -0.114. The number of hydrogen-bond acceptors (Lipinski definition) is 3. The van der Waals surface area contributed by atoms with Crippen molar-refractivity contribution in [2.45, 2.75) is 25.7 Å². The molecule has 1 N–H and O–H groups in total. The molecule has 0 radical (unpaired) electrons. The minimum absolute atomic E-state index is 0.128. The first kappa shape index (κ1) is 9.40. The number of carbonyl (C=O) groups is 2. The molecule has 2 rings (SSSR count). The van der Waals surface area contributed by atoms with Gasteiger partial charge in [-0.2, -0.15) is 0 Å². The third-order valence-electron chi connectivity index (χ3n) is 2.28. The van der Waals surface area contributed by atoms with Crippen molar-refractivity contribution in [2.75, 3.05) is 5.32 Å². The molecule has 74 valence electrons. The Labute approximate surface area is 86.1 Å². The second-order valence-electron chi connectivity index (χ2n) is 3.51. The topological polar surface area (TPSA) is 46.2 Å². The van der Waals surface area contributed by atoms with E-state index in [2.05, 4.69) is 5.32 Å². The maximum absolute atomic E-state index is 10.9. The van der Waals surface area contributed by atoms with Gasteiger partial charge in [-0.1, -0.05) is 0 Å². The Morgan fingerprint density at radius 1 is 1.64 bits per heavy atom. The molecule has 1 saturated carbocycles. The molecule has 0 aliphatic heterocycles. The van der Waals surface area contributed by atoms with E-state index < -0.39 is 0 Å². The van der Waals surface area contributed by atoms with Crippen LogP contribution in [0.5, 0.6) is 0 Å². The number of rotatable bonds is 3. The zero-order valence-corrected chi connectivity index (χ0v) is 8.69. The molecule has 0 saturated heterocycles. The second kappa shape index (κ2) is 3.53. The van der Waals surface area contributed by atoms with Crippen molar-refractivity contribution in [3.05, 3.63) is 16.5 Å².